The number of carbonyl (C=O) groups is 3. The van der Waals surface area contributed by atoms with Crippen LogP contribution in [0.5, 0.6) is 0 Å². The van der Waals surface area contributed by atoms with E-state index < -0.39 is 18.1 Å². The fraction of sp³-hybridized carbons (Fsp3) is 0.308. The number of aromatic carboxylic acids is 1. The highest BCUT2D eigenvalue weighted by Gasteiger charge is 2.29. The van der Waals surface area contributed by atoms with E-state index in [1.54, 1.807) is 0 Å². The predicted molar refractivity (Wildman–Crippen MR) is 130 cm³/mol. The molecule has 0 spiro atoms. The Morgan fingerprint density at radius 2 is 1.71 bits per heavy atom. The fourth-order valence-electron chi connectivity index (χ4n) is 4.53. The third-order valence-electron chi connectivity index (χ3n) is 6.10. The molecule has 0 radical (unpaired) electrons. The first-order valence-corrected chi connectivity index (χ1v) is 11.6. The van der Waals surface area contributed by atoms with E-state index in [4.69, 9.17) is 9.84 Å². The molecule has 0 unspecified atom stereocenters. The van der Waals surface area contributed by atoms with Crippen molar-refractivity contribution in [1.29, 1.82) is 0 Å². The summed E-state index contributed by atoms with van der Waals surface area (Å²) in [5, 5.41) is 18.5. The molecular weight excluding hydrogens is 448 g/mol. The van der Waals surface area contributed by atoms with Crippen molar-refractivity contribution in [2.24, 2.45) is 7.05 Å². The number of alkyl carbamates (subject to hydrolysis) is 1. The molecule has 4 rings (SSSR count). The van der Waals surface area contributed by atoms with E-state index in [0.717, 1.165) is 28.7 Å². The number of carboxylic acids is 1. The molecule has 3 aromatic rings. The molecule has 1 aliphatic rings. The number of aryl methyl sites for hydroxylation is 1. The second kappa shape index (κ2) is 10.4. The summed E-state index contributed by atoms with van der Waals surface area (Å²) in [4.78, 5) is 36.3. The lowest BCUT2D eigenvalue weighted by molar-refractivity contribution is -0.116. The molecule has 2 amide bonds. The topological polar surface area (TPSA) is 123 Å². The Morgan fingerprint density at radius 1 is 1.09 bits per heavy atom. The maximum Gasteiger partial charge on any atom is 0.407 e. The van der Waals surface area contributed by atoms with Gasteiger partial charge in [-0.1, -0.05) is 61.9 Å². The second-order valence-corrected chi connectivity index (χ2v) is 8.55. The van der Waals surface area contributed by atoms with Crippen molar-refractivity contribution in [3.05, 3.63) is 71.4 Å². The van der Waals surface area contributed by atoms with Gasteiger partial charge in [0.05, 0.1) is 0 Å². The van der Waals surface area contributed by atoms with E-state index in [-0.39, 0.29) is 36.4 Å². The lowest BCUT2D eigenvalue weighted by Gasteiger charge is -2.19. The smallest absolute Gasteiger partial charge is 0.407 e. The number of carboxylic acid groups (broad SMARTS) is 1. The number of ether oxygens (including phenoxy) is 1. The number of hydrogen-bond acceptors (Lipinski definition) is 5. The molecule has 9 nitrogen and oxygen atoms in total. The minimum atomic E-state index is -1.14. The van der Waals surface area contributed by atoms with Crippen LogP contribution in [-0.2, 0) is 16.6 Å². The number of hydrogen-bond donors (Lipinski definition) is 3. The molecule has 3 N–H and O–H groups in total. The van der Waals surface area contributed by atoms with Gasteiger partial charge in [-0.25, -0.2) is 9.59 Å². The molecule has 1 atom stereocenters. The Labute approximate surface area is 203 Å². The van der Waals surface area contributed by atoms with Crippen LogP contribution < -0.4 is 10.6 Å². The molecule has 0 fully saturated rings. The Balaban J connectivity index is 1.35. The average Bonchev–Trinajstić information content (AvgIpc) is 3.35. The molecule has 1 aliphatic carbocycles. The van der Waals surface area contributed by atoms with E-state index in [2.05, 4.69) is 40.0 Å². The number of rotatable bonds is 9. The number of carbonyl (C=O) groups excluding carboxylic acids is 2. The lowest BCUT2D eigenvalue weighted by atomic mass is 9.98. The van der Waals surface area contributed by atoms with Crippen molar-refractivity contribution in [1.82, 2.24) is 15.1 Å². The number of fused-ring (bicyclic) bond motifs is 3. The molecule has 35 heavy (non-hydrogen) atoms. The normalized spacial score (nSPS) is 13.0. The first-order chi connectivity index (χ1) is 16.9. The molecule has 1 aromatic heterocycles. The van der Waals surface area contributed by atoms with Crippen LogP contribution in [-0.4, -0.2) is 45.5 Å². The molecule has 9 heteroatoms. The molecule has 0 bridgehead atoms. The van der Waals surface area contributed by atoms with Gasteiger partial charge in [0.15, 0.2) is 5.82 Å². The number of amides is 2. The van der Waals surface area contributed by atoms with Crippen LogP contribution >= 0.6 is 0 Å². The van der Waals surface area contributed by atoms with E-state index >= 15 is 0 Å². The molecule has 0 aliphatic heterocycles. The van der Waals surface area contributed by atoms with Gasteiger partial charge in [-0.2, -0.15) is 5.10 Å². The van der Waals surface area contributed by atoms with Gasteiger partial charge < -0.3 is 20.5 Å². The maximum absolute atomic E-state index is 12.6. The van der Waals surface area contributed by atoms with E-state index in [0.29, 0.717) is 6.42 Å². The predicted octanol–water partition coefficient (Wildman–Crippen LogP) is 4.15. The third-order valence-corrected chi connectivity index (χ3v) is 6.10. The summed E-state index contributed by atoms with van der Waals surface area (Å²) in [7, 11) is 1.48. The average molecular weight is 477 g/mol. The quantitative estimate of drug-likeness (QED) is 0.426. The van der Waals surface area contributed by atoms with Crippen molar-refractivity contribution >= 4 is 23.8 Å². The van der Waals surface area contributed by atoms with Gasteiger partial charge in [0.1, 0.15) is 12.3 Å². The van der Waals surface area contributed by atoms with Crippen molar-refractivity contribution in [2.75, 3.05) is 11.9 Å². The Hall–Kier alpha value is -4.14. The highest BCUT2D eigenvalue weighted by molar-refractivity contribution is 5.92. The zero-order valence-electron chi connectivity index (χ0n) is 19.7. The summed E-state index contributed by atoms with van der Waals surface area (Å²) in [5.74, 6) is -1.42. The van der Waals surface area contributed by atoms with E-state index in [1.807, 2.05) is 31.2 Å². The van der Waals surface area contributed by atoms with Gasteiger partial charge in [-0.05, 0) is 28.7 Å². The summed E-state index contributed by atoms with van der Waals surface area (Å²) in [6.45, 7) is 2.15. The van der Waals surface area contributed by atoms with Crippen LogP contribution in [0.25, 0.3) is 11.1 Å². The van der Waals surface area contributed by atoms with Gasteiger partial charge in [0.2, 0.25) is 5.91 Å². The number of nitrogens with one attached hydrogen (secondary N) is 2. The third kappa shape index (κ3) is 5.34. The van der Waals surface area contributed by atoms with Gasteiger partial charge in [-0.15, -0.1) is 0 Å². The van der Waals surface area contributed by atoms with Gasteiger partial charge in [0, 0.05) is 31.5 Å². The summed E-state index contributed by atoms with van der Waals surface area (Å²) in [5.41, 5.74) is 4.52. The zero-order valence-corrected chi connectivity index (χ0v) is 19.7. The number of anilines is 1. The number of benzene rings is 2. The highest BCUT2D eigenvalue weighted by Crippen LogP contribution is 2.44. The molecule has 1 heterocycles. The van der Waals surface area contributed by atoms with Crippen LogP contribution in [0.15, 0.2) is 54.6 Å². The fourth-order valence-corrected chi connectivity index (χ4v) is 4.53. The van der Waals surface area contributed by atoms with E-state index in [9.17, 15) is 14.4 Å². The Bertz CT molecular complexity index is 1210. The molecule has 2 aromatic carbocycles. The van der Waals surface area contributed by atoms with Gasteiger partial charge >= 0.3 is 12.1 Å². The molecule has 0 saturated carbocycles. The van der Waals surface area contributed by atoms with Crippen LogP contribution in [0.2, 0.25) is 0 Å². The van der Waals surface area contributed by atoms with Gasteiger partial charge in [-0.3, -0.25) is 9.48 Å². The van der Waals surface area contributed by atoms with Crippen LogP contribution in [0.3, 0.4) is 0 Å². The summed E-state index contributed by atoms with van der Waals surface area (Å²) >= 11 is 0. The number of nitrogens with zero attached hydrogens (tertiary/aromatic N) is 2. The first-order valence-electron chi connectivity index (χ1n) is 11.6. The SMILES string of the molecule is CCC[C@H](CC(=O)Nc1cc(C(=O)O)n(C)n1)NC(=O)OCC1c2ccccc2-c2ccccc21. The van der Waals surface area contributed by atoms with Crippen LogP contribution in [0.4, 0.5) is 10.6 Å². The van der Waals surface area contributed by atoms with Crippen molar-refractivity contribution in [3.63, 3.8) is 0 Å². The largest absolute Gasteiger partial charge is 0.477 e. The Morgan fingerprint density at radius 3 is 2.29 bits per heavy atom. The summed E-state index contributed by atoms with van der Waals surface area (Å²) in [6, 6.07) is 17.1. The zero-order chi connectivity index (χ0) is 24.9. The standard InChI is InChI=1S/C26H28N4O5/c1-3-8-16(13-24(31)28-23-14-22(25(32)33)30(2)29-23)27-26(34)35-15-21-19-11-6-4-9-17(19)18-10-5-7-12-20(18)21/h4-7,9-12,14,16,21H,3,8,13,15H2,1-2H3,(H,27,34)(H,32,33)(H,28,29,31)/t16-/m1/s1. The van der Waals surface area contributed by atoms with Crippen LogP contribution in [0, 0.1) is 0 Å². The minimum Gasteiger partial charge on any atom is -0.477 e. The first kappa shape index (κ1) is 24.0. The lowest BCUT2D eigenvalue weighted by Crippen LogP contribution is -2.38. The molecule has 0 saturated heterocycles. The van der Waals surface area contributed by atoms with Crippen molar-refractivity contribution in [3.8, 4) is 11.1 Å². The molecule has 182 valence electrons. The Kier molecular flexibility index (Phi) is 7.14. The van der Waals surface area contributed by atoms with E-state index in [1.165, 1.54) is 17.8 Å². The monoisotopic (exact) mass is 476 g/mol. The second-order valence-electron chi connectivity index (χ2n) is 8.55. The number of aromatic nitrogens is 2. The van der Waals surface area contributed by atoms with Crippen LogP contribution in [0.1, 0.15) is 53.7 Å². The highest BCUT2D eigenvalue weighted by atomic mass is 16.5. The van der Waals surface area contributed by atoms with Crippen molar-refractivity contribution in [2.45, 2.75) is 38.1 Å². The summed E-state index contributed by atoms with van der Waals surface area (Å²) in [6.07, 6.45) is 0.773. The van der Waals surface area contributed by atoms with Crippen molar-refractivity contribution < 1.29 is 24.2 Å². The summed E-state index contributed by atoms with van der Waals surface area (Å²) < 4.78 is 6.78. The maximum atomic E-state index is 12.6. The molecular formula is C26H28N4O5. The minimum absolute atomic E-state index is 0.0109. The van der Waals surface area contributed by atoms with Gasteiger partial charge in [0.25, 0.3) is 0 Å².